The van der Waals surface area contributed by atoms with E-state index in [-0.39, 0.29) is 17.5 Å². The Morgan fingerprint density at radius 1 is 1.60 bits per heavy atom. The van der Waals surface area contributed by atoms with Gasteiger partial charge in [-0.15, -0.1) is 11.6 Å². The summed E-state index contributed by atoms with van der Waals surface area (Å²) in [5.74, 6) is -0.365. The lowest BCUT2D eigenvalue weighted by atomic mass is 10.1. The van der Waals surface area contributed by atoms with Crippen LogP contribution in [-0.2, 0) is 0 Å². The third kappa shape index (κ3) is 2.79. The summed E-state index contributed by atoms with van der Waals surface area (Å²) < 4.78 is 18.7. The van der Waals surface area contributed by atoms with E-state index in [9.17, 15) is 4.39 Å². The van der Waals surface area contributed by atoms with Gasteiger partial charge in [-0.3, -0.25) is 0 Å². The van der Waals surface area contributed by atoms with Crippen LogP contribution in [0.3, 0.4) is 0 Å². The molecule has 1 saturated heterocycles. The smallest absolute Gasteiger partial charge is 0.250 e. The van der Waals surface area contributed by atoms with Gasteiger partial charge >= 0.3 is 0 Å². The van der Waals surface area contributed by atoms with Crippen LogP contribution < -0.4 is 10.1 Å². The molecule has 0 amide bonds. The first-order valence-corrected chi connectivity index (χ1v) is 5.34. The van der Waals surface area contributed by atoms with Crippen molar-refractivity contribution in [3.05, 3.63) is 24.1 Å². The Morgan fingerprint density at radius 3 is 3.20 bits per heavy atom. The Balaban J connectivity index is 1.99. The SMILES string of the molecule is Fc1cccnc1O[C@@H]1CCN[C@H](Cl)C1. The Kier molecular flexibility index (Phi) is 3.38. The van der Waals surface area contributed by atoms with Crippen LogP contribution in [0.25, 0.3) is 0 Å². The van der Waals surface area contributed by atoms with Gasteiger partial charge in [0.1, 0.15) is 6.10 Å². The predicted octanol–water partition coefficient (Wildman–Crippen LogP) is 1.92. The fourth-order valence-corrected chi connectivity index (χ4v) is 1.86. The van der Waals surface area contributed by atoms with Crippen LogP contribution in [0.4, 0.5) is 4.39 Å². The molecule has 2 heterocycles. The van der Waals surface area contributed by atoms with Crippen LogP contribution in [0.15, 0.2) is 18.3 Å². The van der Waals surface area contributed by atoms with E-state index in [0.29, 0.717) is 6.42 Å². The summed E-state index contributed by atoms with van der Waals surface area (Å²) in [5.41, 5.74) is -0.101. The average molecular weight is 231 g/mol. The lowest BCUT2D eigenvalue weighted by molar-refractivity contribution is 0.142. The number of pyridine rings is 1. The van der Waals surface area contributed by atoms with Gasteiger partial charge in [-0.25, -0.2) is 9.37 Å². The topological polar surface area (TPSA) is 34.1 Å². The van der Waals surface area contributed by atoms with E-state index in [1.807, 2.05) is 0 Å². The van der Waals surface area contributed by atoms with Gasteiger partial charge in [0.15, 0.2) is 5.82 Å². The highest BCUT2D eigenvalue weighted by Gasteiger charge is 2.22. The van der Waals surface area contributed by atoms with Crippen molar-refractivity contribution in [2.45, 2.75) is 24.4 Å². The highest BCUT2D eigenvalue weighted by Crippen LogP contribution is 2.19. The second-order valence-corrected chi connectivity index (χ2v) is 4.00. The number of rotatable bonds is 2. The van der Waals surface area contributed by atoms with Crippen molar-refractivity contribution in [1.82, 2.24) is 10.3 Å². The molecule has 1 aliphatic rings. The van der Waals surface area contributed by atoms with Crippen LogP contribution in [0.2, 0.25) is 0 Å². The van der Waals surface area contributed by atoms with Gasteiger partial charge in [0.2, 0.25) is 0 Å². The molecular formula is C10H12ClFN2O. The van der Waals surface area contributed by atoms with Crippen molar-refractivity contribution in [2.75, 3.05) is 6.54 Å². The zero-order valence-electron chi connectivity index (χ0n) is 8.12. The number of alkyl halides is 1. The molecule has 15 heavy (non-hydrogen) atoms. The number of nitrogens with one attached hydrogen (secondary N) is 1. The molecule has 1 aromatic heterocycles. The van der Waals surface area contributed by atoms with Crippen LogP contribution >= 0.6 is 11.6 Å². The summed E-state index contributed by atoms with van der Waals surface area (Å²) >= 11 is 5.91. The van der Waals surface area contributed by atoms with E-state index < -0.39 is 5.82 Å². The van der Waals surface area contributed by atoms with Crippen molar-refractivity contribution in [1.29, 1.82) is 0 Å². The molecule has 0 aliphatic carbocycles. The van der Waals surface area contributed by atoms with E-state index in [1.54, 1.807) is 0 Å². The molecule has 0 unspecified atom stereocenters. The monoisotopic (exact) mass is 230 g/mol. The lowest BCUT2D eigenvalue weighted by Crippen LogP contribution is -2.39. The van der Waals surface area contributed by atoms with Crippen molar-refractivity contribution in [3.8, 4) is 5.88 Å². The van der Waals surface area contributed by atoms with Gasteiger partial charge in [0.05, 0.1) is 5.50 Å². The molecule has 0 spiro atoms. The number of piperidine rings is 1. The van der Waals surface area contributed by atoms with Gasteiger partial charge in [0.25, 0.3) is 5.88 Å². The number of hydrogen-bond acceptors (Lipinski definition) is 3. The minimum absolute atomic E-state index is 0.0573. The molecule has 5 heteroatoms. The lowest BCUT2D eigenvalue weighted by Gasteiger charge is -2.26. The number of aromatic nitrogens is 1. The van der Waals surface area contributed by atoms with Crippen molar-refractivity contribution >= 4 is 11.6 Å². The van der Waals surface area contributed by atoms with E-state index >= 15 is 0 Å². The van der Waals surface area contributed by atoms with Gasteiger partial charge in [-0.2, -0.15) is 0 Å². The molecule has 2 atom stereocenters. The molecule has 0 aromatic carbocycles. The molecule has 0 saturated carbocycles. The normalized spacial score (nSPS) is 26.3. The van der Waals surface area contributed by atoms with Crippen molar-refractivity contribution in [3.63, 3.8) is 0 Å². The second kappa shape index (κ2) is 4.77. The predicted molar refractivity (Wildman–Crippen MR) is 55.5 cm³/mol. The van der Waals surface area contributed by atoms with Crippen LogP contribution in [0.1, 0.15) is 12.8 Å². The molecule has 3 nitrogen and oxygen atoms in total. The maximum Gasteiger partial charge on any atom is 0.250 e. The molecule has 0 radical (unpaired) electrons. The Labute approximate surface area is 92.6 Å². The molecular weight excluding hydrogens is 219 g/mol. The summed E-state index contributed by atoms with van der Waals surface area (Å²) in [6.45, 7) is 0.785. The maximum atomic E-state index is 13.2. The average Bonchev–Trinajstić information content (AvgIpc) is 2.22. The summed E-state index contributed by atoms with van der Waals surface area (Å²) in [5, 5.41) is 3.08. The molecule has 1 aliphatic heterocycles. The fourth-order valence-electron chi connectivity index (χ4n) is 1.56. The summed E-state index contributed by atoms with van der Waals surface area (Å²) in [4.78, 5) is 3.84. The number of nitrogens with zero attached hydrogens (tertiary/aromatic N) is 1. The number of ether oxygens (including phenoxy) is 1. The fraction of sp³-hybridized carbons (Fsp3) is 0.500. The second-order valence-electron chi connectivity index (χ2n) is 3.48. The first-order valence-electron chi connectivity index (χ1n) is 4.90. The highest BCUT2D eigenvalue weighted by atomic mass is 35.5. The van der Waals surface area contributed by atoms with Gasteiger partial charge in [-0.05, 0) is 25.1 Å². The first-order chi connectivity index (χ1) is 7.25. The third-order valence-corrected chi connectivity index (χ3v) is 2.64. The van der Waals surface area contributed by atoms with E-state index in [0.717, 1.165) is 13.0 Å². The number of halogens is 2. The Bertz CT molecular complexity index is 337. The van der Waals surface area contributed by atoms with E-state index in [4.69, 9.17) is 16.3 Å². The van der Waals surface area contributed by atoms with Gasteiger partial charge < -0.3 is 10.1 Å². The molecule has 82 valence electrons. The molecule has 1 N–H and O–H groups in total. The molecule has 1 fully saturated rings. The maximum absolute atomic E-state index is 13.2. The molecule has 0 bridgehead atoms. The van der Waals surface area contributed by atoms with Crippen LogP contribution in [0.5, 0.6) is 5.88 Å². The number of hydrogen-bond donors (Lipinski definition) is 1. The van der Waals surface area contributed by atoms with Gasteiger partial charge in [0, 0.05) is 12.6 Å². The quantitative estimate of drug-likeness (QED) is 0.623. The first kappa shape index (κ1) is 10.6. The van der Waals surface area contributed by atoms with Crippen molar-refractivity contribution < 1.29 is 9.13 Å². The summed E-state index contributed by atoms with van der Waals surface area (Å²) in [6, 6.07) is 2.87. The van der Waals surface area contributed by atoms with E-state index in [2.05, 4.69) is 10.3 Å². The van der Waals surface area contributed by atoms with Gasteiger partial charge in [-0.1, -0.05) is 0 Å². The van der Waals surface area contributed by atoms with Crippen molar-refractivity contribution in [2.24, 2.45) is 0 Å². The minimum atomic E-state index is -0.429. The van der Waals surface area contributed by atoms with Crippen LogP contribution in [-0.4, -0.2) is 23.1 Å². The molecule has 2 rings (SSSR count). The summed E-state index contributed by atoms with van der Waals surface area (Å²) in [6.07, 6.45) is 2.94. The summed E-state index contributed by atoms with van der Waals surface area (Å²) in [7, 11) is 0. The Morgan fingerprint density at radius 2 is 2.47 bits per heavy atom. The zero-order valence-corrected chi connectivity index (χ0v) is 8.88. The van der Waals surface area contributed by atoms with E-state index in [1.165, 1.54) is 18.3 Å². The highest BCUT2D eigenvalue weighted by molar-refractivity contribution is 6.20. The van der Waals surface area contributed by atoms with Crippen LogP contribution in [0, 0.1) is 5.82 Å². The minimum Gasteiger partial charge on any atom is -0.472 e. The third-order valence-electron chi connectivity index (χ3n) is 2.30. The molecule has 1 aromatic rings. The zero-order chi connectivity index (χ0) is 10.7. The standard InChI is InChI=1S/C10H12ClFN2O/c11-9-6-7(3-5-13-9)15-10-8(12)2-1-4-14-10/h1-2,4,7,9,13H,3,5-6H2/t7-,9+/m1/s1. The Hall–Kier alpha value is -0.870. The largest absolute Gasteiger partial charge is 0.472 e.